The van der Waals surface area contributed by atoms with Crippen molar-refractivity contribution >= 4 is 29.9 Å². The summed E-state index contributed by atoms with van der Waals surface area (Å²) in [6, 6.07) is 7.51. The Morgan fingerprint density at radius 3 is 2.21 bits per heavy atom. The fraction of sp³-hybridized carbons (Fsp3) is 0.500. The van der Waals surface area contributed by atoms with Crippen LogP contribution in [-0.4, -0.2) is 19.0 Å². The van der Waals surface area contributed by atoms with Crippen LogP contribution < -0.4 is 11.1 Å². The molecular weight excluding hydrogens is 283 g/mol. The van der Waals surface area contributed by atoms with Gasteiger partial charge in [0.1, 0.15) is 0 Å². The molecule has 0 aliphatic heterocycles. The minimum absolute atomic E-state index is 0. The van der Waals surface area contributed by atoms with Crippen molar-refractivity contribution in [1.29, 1.82) is 0 Å². The number of nitrogens with two attached hydrogens (primary N) is 1. The molecule has 0 saturated carbocycles. The van der Waals surface area contributed by atoms with Gasteiger partial charge in [-0.1, -0.05) is 37.6 Å². The first kappa shape index (κ1) is 18.2. The number of halogens is 2. The number of amides is 1. The van der Waals surface area contributed by atoms with Gasteiger partial charge in [0, 0.05) is 18.1 Å². The van der Waals surface area contributed by atoms with Crippen molar-refractivity contribution in [2.24, 2.45) is 5.73 Å². The summed E-state index contributed by atoms with van der Waals surface area (Å²) in [6.45, 7) is 5.02. The van der Waals surface area contributed by atoms with Crippen LogP contribution in [0, 0.1) is 0 Å². The third-order valence-corrected chi connectivity index (χ3v) is 3.72. The van der Waals surface area contributed by atoms with E-state index in [-0.39, 0.29) is 18.3 Å². The largest absolute Gasteiger partial charge is 0.354 e. The van der Waals surface area contributed by atoms with E-state index in [1.165, 1.54) is 0 Å². The molecule has 0 aliphatic rings. The molecule has 1 amide bonds. The number of hydrogen-bond acceptors (Lipinski definition) is 2. The van der Waals surface area contributed by atoms with Gasteiger partial charge < -0.3 is 11.1 Å². The Morgan fingerprint density at radius 2 is 1.79 bits per heavy atom. The fourth-order valence-electron chi connectivity index (χ4n) is 2.23. The number of nitrogens with one attached hydrogen (secondary N) is 1. The first-order valence-corrected chi connectivity index (χ1v) is 6.73. The van der Waals surface area contributed by atoms with Crippen molar-refractivity contribution < 1.29 is 4.79 Å². The molecule has 0 aliphatic carbocycles. The minimum atomic E-state index is -0.486. The maximum Gasteiger partial charge on any atom is 0.230 e. The van der Waals surface area contributed by atoms with Crippen LogP contribution in [0.2, 0.25) is 5.02 Å². The van der Waals surface area contributed by atoms with Crippen LogP contribution in [0.25, 0.3) is 0 Å². The third kappa shape index (κ3) is 4.10. The predicted octanol–water partition coefficient (Wildman–Crippen LogP) is 2.89. The molecule has 5 heteroatoms. The second-order valence-electron chi connectivity index (χ2n) is 4.34. The molecule has 0 heterocycles. The number of rotatable bonds is 6. The molecule has 0 saturated heterocycles. The first-order chi connectivity index (χ1) is 8.60. The molecule has 1 rings (SSSR count). The zero-order valence-electron chi connectivity index (χ0n) is 11.4. The van der Waals surface area contributed by atoms with Gasteiger partial charge in [0.2, 0.25) is 5.91 Å². The van der Waals surface area contributed by atoms with Crippen LogP contribution >= 0.6 is 24.0 Å². The lowest BCUT2D eigenvalue weighted by atomic mass is 9.75. The first-order valence-electron chi connectivity index (χ1n) is 6.35. The van der Waals surface area contributed by atoms with Gasteiger partial charge in [-0.25, -0.2) is 0 Å². The van der Waals surface area contributed by atoms with Gasteiger partial charge in [-0.15, -0.1) is 12.4 Å². The summed E-state index contributed by atoms with van der Waals surface area (Å²) in [6.07, 6.45) is 1.50. The molecule has 0 radical (unpaired) electrons. The number of carbonyl (C=O) groups excluding carboxylic acids is 1. The van der Waals surface area contributed by atoms with Gasteiger partial charge >= 0.3 is 0 Å². The Kier molecular flexibility index (Phi) is 8.07. The highest BCUT2D eigenvalue weighted by molar-refractivity contribution is 6.30. The van der Waals surface area contributed by atoms with Crippen molar-refractivity contribution in [3.63, 3.8) is 0 Å². The lowest BCUT2D eigenvalue weighted by molar-refractivity contribution is -0.127. The molecule has 1 aromatic rings. The lowest BCUT2D eigenvalue weighted by Crippen LogP contribution is -2.45. The number of hydrogen-bond donors (Lipinski definition) is 2. The standard InChI is InChI=1S/C14H21ClN2O.ClH/c1-3-14(4-2,13(18)17-10-9-16)11-5-7-12(15)8-6-11;/h5-8H,3-4,9-10,16H2,1-2H3,(H,17,18);1H. The molecule has 0 fully saturated rings. The van der Waals surface area contributed by atoms with Crippen LogP contribution in [0.3, 0.4) is 0 Å². The zero-order chi connectivity index (χ0) is 13.6. The van der Waals surface area contributed by atoms with E-state index in [9.17, 15) is 4.79 Å². The van der Waals surface area contributed by atoms with E-state index < -0.39 is 5.41 Å². The van der Waals surface area contributed by atoms with Crippen molar-refractivity contribution in [2.45, 2.75) is 32.1 Å². The SMILES string of the molecule is CCC(CC)(C(=O)NCCN)c1ccc(Cl)cc1.Cl. The van der Waals surface area contributed by atoms with Crippen LogP contribution in [0.1, 0.15) is 32.3 Å². The molecule has 1 aromatic carbocycles. The Labute approximate surface area is 126 Å². The Hall–Kier alpha value is -0.770. The second-order valence-corrected chi connectivity index (χ2v) is 4.78. The van der Waals surface area contributed by atoms with Gasteiger partial charge in [-0.3, -0.25) is 4.79 Å². The zero-order valence-corrected chi connectivity index (χ0v) is 13.0. The lowest BCUT2D eigenvalue weighted by Gasteiger charge is -2.31. The van der Waals surface area contributed by atoms with E-state index in [4.69, 9.17) is 17.3 Å². The maximum atomic E-state index is 12.4. The Bertz CT molecular complexity index is 389. The van der Waals surface area contributed by atoms with Crippen molar-refractivity contribution in [2.75, 3.05) is 13.1 Å². The Morgan fingerprint density at radius 1 is 1.26 bits per heavy atom. The summed E-state index contributed by atoms with van der Waals surface area (Å²) in [5.74, 6) is 0.0419. The van der Waals surface area contributed by atoms with Crippen LogP contribution in [0.4, 0.5) is 0 Å². The van der Waals surface area contributed by atoms with E-state index >= 15 is 0 Å². The average Bonchev–Trinajstić information content (AvgIpc) is 2.40. The fourth-order valence-corrected chi connectivity index (χ4v) is 2.36. The molecule has 0 aromatic heterocycles. The van der Waals surface area contributed by atoms with Gasteiger partial charge in [0.05, 0.1) is 5.41 Å². The highest BCUT2D eigenvalue weighted by Crippen LogP contribution is 2.32. The molecule has 0 spiro atoms. The van der Waals surface area contributed by atoms with Crippen LogP contribution in [-0.2, 0) is 10.2 Å². The van der Waals surface area contributed by atoms with Crippen LogP contribution in [0.5, 0.6) is 0 Å². The summed E-state index contributed by atoms with van der Waals surface area (Å²) in [5.41, 5.74) is 5.95. The topological polar surface area (TPSA) is 55.1 Å². The van der Waals surface area contributed by atoms with Gasteiger partial charge in [-0.2, -0.15) is 0 Å². The predicted molar refractivity (Wildman–Crippen MR) is 83.0 cm³/mol. The summed E-state index contributed by atoms with van der Waals surface area (Å²) in [5, 5.41) is 3.57. The third-order valence-electron chi connectivity index (χ3n) is 3.47. The van der Waals surface area contributed by atoms with E-state index in [2.05, 4.69) is 5.32 Å². The minimum Gasteiger partial charge on any atom is -0.354 e. The van der Waals surface area contributed by atoms with Crippen molar-refractivity contribution in [1.82, 2.24) is 5.32 Å². The molecule has 3 nitrogen and oxygen atoms in total. The number of benzene rings is 1. The second kappa shape index (κ2) is 8.41. The van der Waals surface area contributed by atoms with Gasteiger partial charge in [0.15, 0.2) is 0 Å². The van der Waals surface area contributed by atoms with E-state index in [1.54, 1.807) is 0 Å². The van der Waals surface area contributed by atoms with Crippen molar-refractivity contribution in [3.05, 3.63) is 34.9 Å². The summed E-state index contributed by atoms with van der Waals surface area (Å²) in [4.78, 5) is 12.4. The van der Waals surface area contributed by atoms with Gasteiger partial charge in [0.25, 0.3) is 0 Å². The normalized spacial score (nSPS) is 10.7. The smallest absolute Gasteiger partial charge is 0.230 e. The van der Waals surface area contributed by atoms with E-state index in [0.29, 0.717) is 18.1 Å². The Balaban J connectivity index is 0.00000324. The monoisotopic (exact) mass is 304 g/mol. The number of carbonyl (C=O) groups is 1. The van der Waals surface area contributed by atoms with E-state index in [1.807, 2.05) is 38.1 Å². The average molecular weight is 305 g/mol. The molecule has 0 unspecified atom stereocenters. The van der Waals surface area contributed by atoms with Gasteiger partial charge in [-0.05, 0) is 30.5 Å². The molecular formula is C14H22Cl2N2O. The molecule has 3 N–H and O–H groups in total. The summed E-state index contributed by atoms with van der Waals surface area (Å²) < 4.78 is 0. The maximum absolute atomic E-state index is 12.4. The summed E-state index contributed by atoms with van der Waals surface area (Å²) in [7, 11) is 0. The highest BCUT2D eigenvalue weighted by atomic mass is 35.5. The molecule has 108 valence electrons. The molecule has 19 heavy (non-hydrogen) atoms. The van der Waals surface area contributed by atoms with E-state index in [0.717, 1.165) is 18.4 Å². The van der Waals surface area contributed by atoms with Crippen molar-refractivity contribution in [3.8, 4) is 0 Å². The summed E-state index contributed by atoms with van der Waals surface area (Å²) >= 11 is 5.89. The molecule has 0 atom stereocenters. The molecule has 0 bridgehead atoms. The quantitative estimate of drug-likeness (QED) is 0.849. The highest BCUT2D eigenvalue weighted by Gasteiger charge is 2.36. The van der Waals surface area contributed by atoms with Crippen LogP contribution in [0.15, 0.2) is 24.3 Å².